The van der Waals surface area contributed by atoms with Gasteiger partial charge >= 0.3 is 0 Å². The molecule has 0 spiro atoms. The van der Waals surface area contributed by atoms with Crippen LogP contribution in [0.1, 0.15) is 16.8 Å². The van der Waals surface area contributed by atoms with Crippen LogP contribution in [0.3, 0.4) is 0 Å². The van der Waals surface area contributed by atoms with E-state index < -0.39 is 17.8 Å². The first-order valence-electron chi connectivity index (χ1n) is 5.60. The number of primary amides is 1. The maximum absolute atomic E-state index is 13.2. The van der Waals surface area contributed by atoms with Crippen LogP contribution in [0, 0.1) is 5.82 Å². The number of hydrogen-bond donors (Lipinski definition) is 3. The normalized spacial score (nSPS) is 11.9. The molecule has 0 aromatic heterocycles. The Hall–Kier alpha value is -1.60. The molecule has 0 aliphatic carbocycles. The van der Waals surface area contributed by atoms with Gasteiger partial charge in [-0.15, -0.1) is 0 Å². The molecule has 104 valence electrons. The van der Waals surface area contributed by atoms with Crippen LogP contribution < -0.4 is 16.8 Å². The summed E-state index contributed by atoms with van der Waals surface area (Å²) in [6.07, 6.45) is 2.46. The van der Waals surface area contributed by atoms with Crippen molar-refractivity contribution in [3.63, 3.8) is 0 Å². The third kappa shape index (κ3) is 4.53. The number of anilines is 1. The second kappa shape index (κ2) is 7.10. The molecule has 0 heterocycles. The molecule has 0 saturated carbocycles. The molecule has 0 radical (unpaired) electrons. The van der Waals surface area contributed by atoms with E-state index in [-0.39, 0.29) is 11.5 Å². The first kappa shape index (κ1) is 15.5. The summed E-state index contributed by atoms with van der Waals surface area (Å²) in [5, 5.41) is 2.53. The zero-order chi connectivity index (χ0) is 14.4. The Labute approximate surface area is 114 Å². The van der Waals surface area contributed by atoms with Crippen molar-refractivity contribution in [2.24, 2.45) is 11.5 Å². The Morgan fingerprint density at radius 1 is 1.47 bits per heavy atom. The standard InChI is InChI=1S/C12H16FN3O2S/c1-19-5-4-10(14)12(18)16-7-2-3-9(13)8(6-7)11(15)17/h2-3,6,10H,4-5,14H2,1H3,(H2,15,17)(H,16,18)/t10-/m1/s1. The van der Waals surface area contributed by atoms with Crippen molar-refractivity contribution in [2.75, 3.05) is 17.3 Å². The average molecular weight is 285 g/mol. The lowest BCUT2D eigenvalue weighted by molar-refractivity contribution is -0.117. The van der Waals surface area contributed by atoms with E-state index in [1.165, 1.54) is 12.1 Å². The molecule has 1 aromatic carbocycles. The number of halogens is 1. The topological polar surface area (TPSA) is 98.2 Å². The number of nitrogens with two attached hydrogens (primary N) is 2. The molecule has 0 bridgehead atoms. The summed E-state index contributed by atoms with van der Waals surface area (Å²) in [4.78, 5) is 22.7. The molecule has 0 saturated heterocycles. The van der Waals surface area contributed by atoms with E-state index in [1.807, 2.05) is 6.26 Å². The highest BCUT2D eigenvalue weighted by Gasteiger charge is 2.15. The fourth-order valence-corrected chi connectivity index (χ4v) is 1.89. The summed E-state index contributed by atoms with van der Waals surface area (Å²) in [6, 6.07) is 2.97. The molecule has 0 unspecified atom stereocenters. The minimum absolute atomic E-state index is 0.268. The second-order valence-electron chi connectivity index (χ2n) is 3.94. The molecular formula is C12H16FN3O2S. The Morgan fingerprint density at radius 3 is 2.74 bits per heavy atom. The van der Waals surface area contributed by atoms with Crippen molar-refractivity contribution in [3.8, 4) is 0 Å². The number of carbonyl (C=O) groups excluding carboxylic acids is 2. The van der Waals surface area contributed by atoms with Crippen molar-refractivity contribution in [3.05, 3.63) is 29.6 Å². The van der Waals surface area contributed by atoms with Crippen LogP contribution in [0.2, 0.25) is 0 Å². The molecule has 1 atom stereocenters. The molecule has 5 nitrogen and oxygen atoms in total. The highest BCUT2D eigenvalue weighted by atomic mass is 32.2. The van der Waals surface area contributed by atoms with Crippen LogP contribution in [0.15, 0.2) is 18.2 Å². The summed E-state index contributed by atoms with van der Waals surface area (Å²) < 4.78 is 13.2. The van der Waals surface area contributed by atoms with Gasteiger partial charge in [0.25, 0.3) is 5.91 Å². The third-order valence-corrected chi connectivity index (χ3v) is 3.11. The van der Waals surface area contributed by atoms with Crippen LogP contribution in [0.4, 0.5) is 10.1 Å². The predicted octanol–water partition coefficient (Wildman–Crippen LogP) is 0.943. The van der Waals surface area contributed by atoms with Crippen molar-refractivity contribution in [2.45, 2.75) is 12.5 Å². The average Bonchev–Trinajstić information content (AvgIpc) is 2.37. The van der Waals surface area contributed by atoms with Gasteiger partial charge in [-0.1, -0.05) is 0 Å². The first-order chi connectivity index (χ1) is 8.95. The van der Waals surface area contributed by atoms with Gasteiger partial charge in [0.15, 0.2) is 0 Å². The van der Waals surface area contributed by atoms with Crippen molar-refractivity contribution >= 4 is 29.3 Å². The maximum Gasteiger partial charge on any atom is 0.251 e. The Balaban J connectivity index is 2.74. The Kier molecular flexibility index (Phi) is 5.78. The van der Waals surface area contributed by atoms with E-state index in [4.69, 9.17) is 11.5 Å². The fraction of sp³-hybridized carbons (Fsp3) is 0.333. The number of hydrogen-bond acceptors (Lipinski definition) is 4. The summed E-state index contributed by atoms with van der Waals surface area (Å²) in [6.45, 7) is 0. The molecule has 1 rings (SSSR count). The number of nitrogens with one attached hydrogen (secondary N) is 1. The molecule has 2 amide bonds. The number of amides is 2. The molecule has 1 aromatic rings. The largest absolute Gasteiger partial charge is 0.366 e. The monoisotopic (exact) mass is 285 g/mol. The van der Waals surface area contributed by atoms with Gasteiger partial charge in [0.05, 0.1) is 11.6 Å². The van der Waals surface area contributed by atoms with Gasteiger partial charge < -0.3 is 16.8 Å². The van der Waals surface area contributed by atoms with Crippen LogP contribution in [0.25, 0.3) is 0 Å². The van der Waals surface area contributed by atoms with Crippen LogP contribution in [-0.2, 0) is 4.79 Å². The lowest BCUT2D eigenvalue weighted by Gasteiger charge is -2.12. The van der Waals surface area contributed by atoms with Crippen molar-refractivity contribution < 1.29 is 14.0 Å². The predicted molar refractivity (Wildman–Crippen MR) is 74.5 cm³/mol. The third-order valence-electron chi connectivity index (χ3n) is 2.47. The summed E-state index contributed by atoms with van der Waals surface area (Å²) >= 11 is 1.59. The molecule has 19 heavy (non-hydrogen) atoms. The van der Waals surface area contributed by atoms with Gasteiger partial charge in [-0.2, -0.15) is 11.8 Å². The number of carbonyl (C=O) groups is 2. The number of thioether (sulfide) groups is 1. The molecule has 0 aliphatic heterocycles. The highest BCUT2D eigenvalue weighted by Crippen LogP contribution is 2.15. The van der Waals surface area contributed by atoms with Gasteiger partial charge in [-0.3, -0.25) is 9.59 Å². The maximum atomic E-state index is 13.2. The van der Waals surface area contributed by atoms with Crippen molar-refractivity contribution in [1.29, 1.82) is 0 Å². The van der Waals surface area contributed by atoms with Gasteiger partial charge in [-0.25, -0.2) is 4.39 Å². The van der Waals surface area contributed by atoms with Gasteiger partial charge in [0.1, 0.15) is 5.82 Å². The lowest BCUT2D eigenvalue weighted by Crippen LogP contribution is -2.36. The number of benzene rings is 1. The quantitative estimate of drug-likeness (QED) is 0.724. The summed E-state index contributed by atoms with van der Waals surface area (Å²) in [7, 11) is 0. The number of rotatable bonds is 6. The van der Waals surface area contributed by atoms with E-state index in [2.05, 4.69) is 5.32 Å². The zero-order valence-corrected chi connectivity index (χ0v) is 11.3. The minimum atomic E-state index is -0.889. The summed E-state index contributed by atoms with van der Waals surface area (Å²) in [5.41, 5.74) is 10.7. The minimum Gasteiger partial charge on any atom is -0.366 e. The molecule has 0 fully saturated rings. The SMILES string of the molecule is CSCC[C@@H](N)C(=O)Nc1ccc(F)c(C(N)=O)c1. The van der Waals surface area contributed by atoms with Gasteiger partial charge in [-0.05, 0) is 36.6 Å². The van der Waals surface area contributed by atoms with Crippen LogP contribution in [0.5, 0.6) is 0 Å². The van der Waals surface area contributed by atoms with E-state index in [0.717, 1.165) is 11.8 Å². The van der Waals surface area contributed by atoms with E-state index in [9.17, 15) is 14.0 Å². The molecule has 5 N–H and O–H groups in total. The lowest BCUT2D eigenvalue weighted by atomic mass is 10.1. The van der Waals surface area contributed by atoms with E-state index in [1.54, 1.807) is 11.8 Å². The van der Waals surface area contributed by atoms with Crippen LogP contribution >= 0.6 is 11.8 Å². The second-order valence-corrected chi connectivity index (χ2v) is 4.92. The van der Waals surface area contributed by atoms with E-state index >= 15 is 0 Å². The first-order valence-corrected chi connectivity index (χ1v) is 6.99. The molecule has 7 heteroatoms. The Bertz CT molecular complexity index is 482. The Morgan fingerprint density at radius 2 is 2.16 bits per heavy atom. The van der Waals surface area contributed by atoms with Crippen LogP contribution in [-0.4, -0.2) is 29.9 Å². The van der Waals surface area contributed by atoms with E-state index in [0.29, 0.717) is 12.1 Å². The van der Waals surface area contributed by atoms with Crippen molar-refractivity contribution in [1.82, 2.24) is 0 Å². The molecular weight excluding hydrogens is 269 g/mol. The highest BCUT2D eigenvalue weighted by molar-refractivity contribution is 7.98. The van der Waals surface area contributed by atoms with Gasteiger partial charge in [0, 0.05) is 5.69 Å². The smallest absolute Gasteiger partial charge is 0.251 e. The summed E-state index contributed by atoms with van der Waals surface area (Å²) in [5.74, 6) is -1.22. The molecule has 0 aliphatic rings. The fourth-order valence-electron chi connectivity index (χ4n) is 1.40. The van der Waals surface area contributed by atoms with Gasteiger partial charge in [0.2, 0.25) is 5.91 Å². The zero-order valence-electron chi connectivity index (χ0n) is 10.5.